The quantitative estimate of drug-likeness (QED) is 0.630. The van der Waals surface area contributed by atoms with E-state index in [-0.39, 0.29) is 25.4 Å². The van der Waals surface area contributed by atoms with Crippen molar-refractivity contribution >= 4 is 27.8 Å². The second-order valence-electron chi connectivity index (χ2n) is 8.73. The molecule has 1 aromatic rings. The van der Waals surface area contributed by atoms with Gasteiger partial charge in [0, 0.05) is 24.7 Å². The molecule has 0 spiro atoms. The predicted molar refractivity (Wildman–Crippen MR) is 118 cm³/mol. The van der Waals surface area contributed by atoms with Crippen molar-refractivity contribution in [2.45, 2.75) is 57.7 Å². The van der Waals surface area contributed by atoms with Gasteiger partial charge < -0.3 is 15.3 Å². The molecule has 2 amide bonds. The van der Waals surface area contributed by atoms with E-state index in [4.69, 9.17) is 0 Å². The molecule has 176 valence electrons. The zero-order valence-electron chi connectivity index (χ0n) is 18.5. The van der Waals surface area contributed by atoms with Crippen molar-refractivity contribution < 1.29 is 27.9 Å². The SMILES string of the molecule is Cc1cccc(C(=O)N2CCN(S(C)(=O)=O)C2C(=O)NC(CC(=O)O)C2CCCCC2)c1. The smallest absolute Gasteiger partial charge is 0.305 e. The number of hydrogen-bond donors (Lipinski definition) is 2. The van der Waals surface area contributed by atoms with E-state index in [1.54, 1.807) is 18.2 Å². The number of aliphatic carboxylic acids is 1. The summed E-state index contributed by atoms with van der Waals surface area (Å²) in [7, 11) is -3.77. The Morgan fingerprint density at radius 2 is 1.84 bits per heavy atom. The summed E-state index contributed by atoms with van der Waals surface area (Å²) in [6.45, 7) is 1.92. The highest BCUT2D eigenvalue weighted by Crippen LogP contribution is 2.29. The van der Waals surface area contributed by atoms with Crippen LogP contribution in [0.25, 0.3) is 0 Å². The molecule has 1 heterocycles. The highest BCUT2D eigenvalue weighted by atomic mass is 32.2. The maximum atomic E-state index is 13.3. The monoisotopic (exact) mass is 465 g/mol. The van der Waals surface area contributed by atoms with Gasteiger partial charge in [0.2, 0.25) is 10.0 Å². The molecule has 1 saturated carbocycles. The fourth-order valence-electron chi connectivity index (χ4n) is 4.70. The Morgan fingerprint density at radius 1 is 1.16 bits per heavy atom. The zero-order chi connectivity index (χ0) is 23.5. The van der Waals surface area contributed by atoms with Gasteiger partial charge in [0.25, 0.3) is 11.8 Å². The molecule has 1 aromatic carbocycles. The molecule has 3 rings (SSSR count). The Morgan fingerprint density at radius 3 is 2.44 bits per heavy atom. The van der Waals surface area contributed by atoms with E-state index in [0.29, 0.717) is 5.56 Å². The molecule has 2 aliphatic rings. The number of carboxylic acids is 1. The lowest BCUT2D eigenvalue weighted by Crippen LogP contribution is -2.56. The Balaban J connectivity index is 1.88. The summed E-state index contributed by atoms with van der Waals surface area (Å²) < 4.78 is 25.8. The number of carboxylic acid groups (broad SMARTS) is 1. The van der Waals surface area contributed by atoms with E-state index >= 15 is 0 Å². The Bertz CT molecular complexity index is 974. The maximum absolute atomic E-state index is 13.3. The molecule has 1 aliphatic carbocycles. The van der Waals surface area contributed by atoms with Gasteiger partial charge in [0.1, 0.15) is 0 Å². The van der Waals surface area contributed by atoms with Gasteiger partial charge in [0.15, 0.2) is 6.17 Å². The number of nitrogens with zero attached hydrogens (tertiary/aromatic N) is 2. The molecule has 2 N–H and O–H groups in total. The second-order valence-corrected chi connectivity index (χ2v) is 10.7. The zero-order valence-corrected chi connectivity index (χ0v) is 19.3. The highest BCUT2D eigenvalue weighted by molar-refractivity contribution is 7.88. The fourth-order valence-corrected chi connectivity index (χ4v) is 5.69. The number of hydrogen-bond acceptors (Lipinski definition) is 5. The van der Waals surface area contributed by atoms with Crippen molar-refractivity contribution in [3.8, 4) is 0 Å². The first kappa shape index (κ1) is 24.2. The summed E-state index contributed by atoms with van der Waals surface area (Å²) in [6, 6.07) is 6.28. The average Bonchev–Trinajstić information content (AvgIpc) is 3.19. The third-order valence-corrected chi connectivity index (χ3v) is 7.49. The summed E-state index contributed by atoms with van der Waals surface area (Å²) in [5, 5.41) is 12.2. The van der Waals surface area contributed by atoms with Crippen LogP contribution in [-0.4, -0.2) is 72.1 Å². The first-order valence-electron chi connectivity index (χ1n) is 10.9. The van der Waals surface area contributed by atoms with Gasteiger partial charge in [-0.3, -0.25) is 14.4 Å². The van der Waals surface area contributed by atoms with Gasteiger partial charge >= 0.3 is 5.97 Å². The number of amides is 2. The van der Waals surface area contributed by atoms with Crippen molar-refractivity contribution in [2.75, 3.05) is 19.3 Å². The largest absolute Gasteiger partial charge is 0.481 e. The van der Waals surface area contributed by atoms with E-state index in [2.05, 4.69) is 5.32 Å². The predicted octanol–water partition coefficient (Wildman–Crippen LogP) is 1.58. The number of aryl methyl sites for hydroxylation is 1. The van der Waals surface area contributed by atoms with Crippen LogP contribution < -0.4 is 5.32 Å². The van der Waals surface area contributed by atoms with Crippen LogP contribution in [0.15, 0.2) is 24.3 Å². The third-order valence-electron chi connectivity index (χ3n) is 6.26. The number of sulfonamides is 1. The number of carbonyl (C=O) groups is 3. The summed E-state index contributed by atoms with van der Waals surface area (Å²) in [5.41, 5.74) is 1.24. The molecule has 9 nitrogen and oxygen atoms in total. The summed E-state index contributed by atoms with van der Waals surface area (Å²) >= 11 is 0. The lowest BCUT2D eigenvalue weighted by Gasteiger charge is -2.33. The molecule has 0 aromatic heterocycles. The van der Waals surface area contributed by atoms with Crippen LogP contribution in [0.3, 0.4) is 0 Å². The minimum atomic E-state index is -3.77. The van der Waals surface area contributed by atoms with Crippen molar-refractivity contribution in [3.05, 3.63) is 35.4 Å². The standard InChI is InChI=1S/C22H31N3O6S/c1-15-7-6-10-17(13-15)22(29)24-11-12-25(32(2,30)31)21(24)20(28)23-18(14-19(26)27)16-8-4-3-5-9-16/h6-7,10,13,16,18,21H,3-5,8-9,11-12,14H2,1-2H3,(H,23,28)(H,26,27). The summed E-state index contributed by atoms with van der Waals surface area (Å²) in [5.74, 6) is -2.11. The average molecular weight is 466 g/mol. The van der Waals surface area contributed by atoms with Crippen molar-refractivity contribution in [3.63, 3.8) is 0 Å². The van der Waals surface area contributed by atoms with E-state index in [0.717, 1.165) is 48.2 Å². The summed E-state index contributed by atoms with van der Waals surface area (Å²) in [4.78, 5) is 39.2. The second kappa shape index (κ2) is 9.99. The number of carbonyl (C=O) groups excluding carboxylic acids is 2. The van der Waals surface area contributed by atoms with Gasteiger partial charge in [-0.2, -0.15) is 4.31 Å². The number of nitrogens with one attached hydrogen (secondary N) is 1. The molecule has 0 radical (unpaired) electrons. The van der Waals surface area contributed by atoms with Crippen LogP contribution >= 0.6 is 0 Å². The van der Waals surface area contributed by atoms with Gasteiger partial charge in [-0.05, 0) is 37.8 Å². The molecule has 1 aliphatic heterocycles. The number of benzene rings is 1. The first-order chi connectivity index (χ1) is 15.1. The van der Waals surface area contributed by atoms with Crippen molar-refractivity contribution in [1.82, 2.24) is 14.5 Å². The molecular formula is C22H31N3O6S. The molecule has 10 heteroatoms. The Hall–Kier alpha value is -2.46. The normalized spacial score (nSPS) is 21.3. The van der Waals surface area contributed by atoms with Crippen LogP contribution in [-0.2, 0) is 19.6 Å². The molecule has 32 heavy (non-hydrogen) atoms. The van der Waals surface area contributed by atoms with Gasteiger partial charge in [-0.25, -0.2) is 8.42 Å². The van der Waals surface area contributed by atoms with Crippen LogP contribution in [0.4, 0.5) is 0 Å². The van der Waals surface area contributed by atoms with E-state index in [1.807, 2.05) is 13.0 Å². The number of rotatable bonds is 7. The Labute approximate surface area is 188 Å². The lowest BCUT2D eigenvalue weighted by atomic mass is 9.82. The topological polar surface area (TPSA) is 124 Å². The molecule has 2 fully saturated rings. The van der Waals surface area contributed by atoms with Crippen molar-refractivity contribution in [2.24, 2.45) is 5.92 Å². The van der Waals surface area contributed by atoms with Crippen LogP contribution in [0.1, 0.15) is 54.4 Å². The van der Waals surface area contributed by atoms with Crippen LogP contribution in [0.5, 0.6) is 0 Å². The first-order valence-corrected chi connectivity index (χ1v) is 12.8. The minimum Gasteiger partial charge on any atom is -0.481 e. The lowest BCUT2D eigenvalue weighted by molar-refractivity contribution is -0.138. The molecule has 1 saturated heterocycles. The van der Waals surface area contributed by atoms with E-state index in [1.165, 1.54) is 4.90 Å². The van der Waals surface area contributed by atoms with Crippen LogP contribution in [0, 0.1) is 12.8 Å². The molecule has 2 unspecified atom stereocenters. The molecular weight excluding hydrogens is 434 g/mol. The van der Waals surface area contributed by atoms with Crippen molar-refractivity contribution in [1.29, 1.82) is 0 Å². The fraction of sp³-hybridized carbons (Fsp3) is 0.591. The van der Waals surface area contributed by atoms with Crippen LogP contribution in [0.2, 0.25) is 0 Å². The van der Waals surface area contributed by atoms with Gasteiger partial charge in [-0.1, -0.05) is 37.0 Å². The minimum absolute atomic E-state index is 0.00149. The molecule has 2 atom stereocenters. The molecule has 0 bridgehead atoms. The van der Waals surface area contributed by atoms with E-state index in [9.17, 15) is 27.9 Å². The third kappa shape index (κ3) is 5.66. The maximum Gasteiger partial charge on any atom is 0.305 e. The van der Waals surface area contributed by atoms with Gasteiger partial charge in [-0.15, -0.1) is 0 Å². The van der Waals surface area contributed by atoms with E-state index < -0.39 is 40.0 Å². The Kier molecular flexibility index (Phi) is 7.55. The summed E-state index contributed by atoms with van der Waals surface area (Å²) in [6.07, 6.45) is 4.04. The van der Waals surface area contributed by atoms with Gasteiger partial charge in [0.05, 0.1) is 12.7 Å². The highest BCUT2D eigenvalue weighted by Gasteiger charge is 2.45.